The number of hydrogen-bond acceptors (Lipinski definition) is 2. The van der Waals surface area contributed by atoms with Crippen LogP contribution in [0.3, 0.4) is 0 Å². The van der Waals surface area contributed by atoms with Gasteiger partial charge in [0.15, 0.2) is 0 Å². The third kappa shape index (κ3) is 2.73. The molecule has 4 heteroatoms. The molecule has 3 rings (SSSR count). The molecular formula is C18H22N2O2. The highest BCUT2D eigenvalue weighted by Gasteiger charge is 2.31. The van der Waals surface area contributed by atoms with Crippen LogP contribution in [0.4, 0.5) is 0 Å². The second-order valence-electron chi connectivity index (χ2n) is 5.66. The van der Waals surface area contributed by atoms with Crippen molar-refractivity contribution in [3.05, 3.63) is 53.9 Å². The first-order chi connectivity index (χ1) is 10.7. The van der Waals surface area contributed by atoms with Crippen LogP contribution in [0, 0.1) is 0 Å². The molecule has 1 atom stereocenters. The third-order valence-corrected chi connectivity index (χ3v) is 4.25. The maximum atomic E-state index is 12.8. The zero-order valence-electron chi connectivity index (χ0n) is 13.2. The molecule has 0 aliphatic carbocycles. The van der Waals surface area contributed by atoms with Crippen molar-refractivity contribution < 1.29 is 9.53 Å². The third-order valence-electron chi connectivity index (χ3n) is 4.25. The Labute approximate surface area is 131 Å². The van der Waals surface area contributed by atoms with Crippen LogP contribution in [0.5, 0.6) is 5.75 Å². The van der Waals surface area contributed by atoms with E-state index in [1.54, 1.807) is 0 Å². The highest BCUT2D eigenvalue weighted by Crippen LogP contribution is 2.33. The number of aromatic nitrogens is 1. The van der Waals surface area contributed by atoms with Gasteiger partial charge in [0.05, 0.1) is 12.6 Å². The van der Waals surface area contributed by atoms with Crippen molar-refractivity contribution in [2.24, 2.45) is 7.05 Å². The lowest BCUT2D eigenvalue weighted by Crippen LogP contribution is -2.31. The largest absolute Gasteiger partial charge is 0.494 e. The summed E-state index contributed by atoms with van der Waals surface area (Å²) in [5.41, 5.74) is 1.93. The number of nitrogens with zero attached hydrogens (tertiary/aromatic N) is 2. The number of amides is 1. The van der Waals surface area contributed by atoms with Crippen molar-refractivity contribution >= 4 is 5.91 Å². The molecule has 1 unspecified atom stereocenters. The Hall–Kier alpha value is -2.23. The minimum absolute atomic E-state index is 0.115. The normalized spacial score (nSPS) is 17.7. The van der Waals surface area contributed by atoms with Gasteiger partial charge in [-0.25, -0.2) is 0 Å². The van der Waals surface area contributed by atoms with Crippen LogP contribution in [0.15, 0.2) is 42.6 Å². The van der Waals surface area contributed by atoms with E-state index in [9.17, 15) is 4.79 Å². The van der Waals surface area contributed by atoms with E-state index < -0.39 is 0 Å². The Morgan fingerprint density at radius 3 is 2.68 bits per heavy atom. The van der Waals surface area contributed by atoms with Crippen molar-refractivity contribution in [2.75, 3.05) is 13.2 Å². The minimum atomic E-state index is 0.115. The van der Waals surface area contributed by atoms with E-state index in [4.69, 9.17) is 4.74 Å². The van der Waals surface area contributed by atoms with Gasteiger partial charge in [-0.15, -0.1) is 0 Å². The maximum absolute atomic E-state index is 12.8. The van der Waals surface area contributed by atoms with Crippen molar-refractivity contribution in [1.82, 2.24) is 9.47 Å². The second-order valence-corrected chi connectivity index (χ2v) is 5.66. The first-order valence-corrected chi connectivity index (χ1v) is 7.85. The summed E-state index contributed by atoms with van der Waals surface area (Å²) < 4.78 is 7.37. The van der Waals surface area contributed by atoms with Crippen molar-refractivity contribution in [3.63, 3.8) is 0 Å². The van der Waals surface area contributed by atoms with E-state index in [0.29, 0.717) is 6.61 Å². The fourth-order valence-corrected chi connectivity index (χ4v) is 3.14. The lowest BCUT2D eigenvalue weighted by molar-refractivity contribution is 0.0726. The molecule has 1 aromatic carbocycles. The summed E-state index contributed by atoms with van der Waals surface area (Å²) in [6.45, 7) is 3.47. The van der Waals surface area contributed by atoms with Crippen molar-refractivity contribution in [3.8, 4) is 5.75 Å². The number of carbonyl (C=O) groups excluding carboxylic acids is 1. The summed E-state index contributed by atoms with van der Waals surface area (Å²) in [5, 5.41) is 0. The summed E-state index contributed by atoms with van der Waals surface area (Å²) in [5.74, 6) is 0.994. The Morgan fingerprint density at radius 1 is 1.27 bits per heavy atom. The smallest absolute Gasteiger partial charge is 0.270 e. The highest BCUT2D eigenvalue weighted by molar-refractivity contribution is 5.93. The van der Waals surface area contributed by atoms with E-state index in [2.05, 4.69) is 12.1 Å². The zero-order chi connectivity index (χ0) is 15.5. The molecule has 2 aromatic rings. The van der Waals surface area contributed by atoms with Crippen LogP contribution in [0.1, 0.15) is 41.9 Å². The van der Waals surface area contributed by atoms with Crippen LogP contribution >= 0.6 is 0 Å². The molecule has 4 nitrogen and oxygen atoms in total. The second kappa shape index (κ2) is 6.26. The number of ether oxygens (including phenoxy) is 1. The predicted molar refractivity (Wildman–Crippen MR) is 86.0 cm³/mol. The van der Waals surface area contributed by atoms with Crippen LogP contribution in [0.2, 0.25) is 0 Å². The summed E-state index contributed by atoms with van der Waals surface area (Å²) in [6.07, 6.45) is 3.98. The maximum Gasteiger partial charge on any atom is 0.270 e. The van der Waals surface area contributed by atoms with Gasteiger partial charge in [-0.3, -0.25) is 4.79 Å². The SMILES string of the molecule is CCOc1ccc(C2CCCN2C(=O)c2cccn2C)cc1. The van der Waals surface area contributed by atoms with Crippen LogP contribution in [-0.2, 0) is 7.05 Å². The first kappa shape index (κ1) is 14.7. The van der Waals surface area contributed by atoms with Crippen molar-refractivity contribution in [1.29, 1.82) is 0 Å². The van der Waals surface area contributed by atoms with E-state index in [-0.39, 0.29) is 11.9 Å². The first-order valence-electron chi connectivity index (χ1n) is 7.85. The van der Waals surface area contributed by atoms with Gasteiger partial charge in [0.1, 0.15) is 11.4 Å². The van der Waals surface area contributed by atoms with E-state index >= 15 is 0 Å². The zero-order valence-corrected chi connectivity index (χ0v) is 13.2. The average molecular weight is 298 g/mol. The molecule has 0 radical (unpaired) electrons. The average Bonchev–Trinajstić information content (AvgIpc) is 3.16. The van der Waals surface area contributed by atoms with E-state index in [1.807, 2.05) is 53.9 Å². The molecule has 1 fully saturated rings. The number of likely N-dealkylation sites (tertiary alicyclic amines) is 1. The standard InChI is InChI=1S/C18H22N2O2/c1-3-22-15-10-8-14(9-11-15)16-6-5-13-20(16)18(21)17-7-4-12-19(17)2/h4,7-12,16H,3,5-6,13H2,1-2H3. The van der Waals surface area contributed by atoms with Crippen LogP contribution < -0.4 is 4.74 Å². The Balaban J connectivity index is 1.81. The van der Waals surface area contributed by atoms with Gasteiger partial charge < -0.3 is 14.2 Å². The molecule has 1 saturated heterocycles. The number of hydrogen-bond donors (Lipinski definition) is 0. The number of carbonyl (C=O) groups is 1. The Kier molecular flexibility index (Phi) is 4.18. The van der Waals surface area contributed by atoms with Crippen LogP contribution in [0.25, 0.3) is 0 Å². The highest BCUT2D eigenvalue weighted by atomic mass is 16.5. The number of benzene rings is 1. The van der Waals surface area contributed by atoms with Gasteiger partial charge in [-0.05, 0) is 49.6 Å². The quantitative estimate of drug-likeness (QED) is 0.867. The lowest BCUT2D eigenvalue weighted by Gasteiger charge is -2.25. The molecule has 1 amide bonds. The number of rotatable bonds is 4. The molecule has 0 bridgehead atoms. The molecule has 1 aliphatic rings. The summed E-state index contributed by atoms with van der Waals surface area (Å²) in [6, 6.07) is 12.1. The molecule has 22 heavy (non-hydrogen) atoms. The summed E-state index contributed by atoms with van der Waals surface area (Å²) >= 11 is 0. The molecule has 0 spiro atoms. The molecule has 1 aromatic heterocycles. The fourth-order valence-electron chi connectivity index (χ4n) is 3.14. The van der Waals surface area contributed by atoms with Gasteiger partial charge in [0.25, 0.3) is 5.91 Å². The fraction of sp³-hybridized carbons (Fsp3) is 0.389. The topological polar surface area (TPSA) is 34.5 Å². The van der Waals surface area contributed by atoms with E-state index in [0.717, 1.165) is 30.8 Å². The van der Waals surface area contributed by atoms with Gasteiger partial charge >= 0.3 is 0 Å². The number of aryl methyl sites for hydroxylation is 1. The Morgan fingerprint density at radius 2 is 2.05 bits per heavy atom. The van der Waals surface area contributed by atoms with E-state index in [1.165, 1.54) is 5.56 Å². The van der Waals surface area contributed by atoms with Gasteiger partial charge in [-0.2, -0.15) is 0 Å². The predicted octanol–water partition coefficient (Wildman–Crippen LogP) is 3.40. The van der Waals surface area contributed by atoms with Crippen LogP contribution in [-0.4, -0.2) is 28.5 Å². The molecule has 1 aliphatic heterocycles. The molecule has 0 N–H and O–H groups in total. The Bertz CT molecular complexity index is 645. The monoisotopic (exact) mass is 298 g/mol. The molecule has 2 heterocycles. The molecular weight excluding hydrogens is 276 g/mol. The molecule has 116 valence electrons. The van der Waals surface area contributed by atoms with Crippen molar-refractivity contribution in [2.45, 2.75) is 25.8 Å². The molecule has 0 saturated carbocycles. The van der Waals surface area contributed by atoms with Gasteiger partial charge in [0, 0.05) is 19.8 Å². The van der Waals surface area contributed by atoms with Gasteiger partial charge in [-0.1, -0.05) is 12.1 Å². The summed E-state index contributed by atoms with van der Waals surface area (Å²) in [7, 11) is 1.91. The summed E-state index contributed by atoms with van der Waals surface area (Å²) in [4.78, 5) is 14.8. The van der Waals surface area contributed by atoms with Gasteiger partial charge in [0.2, 0.25) is 0 Å². The minimum Gasteiger partial charge on any atom is -0.494 e. The lowest BCUT2D eigenvalue weighted by atomic mass is 10.0.